The largest absolute Gasteiger partial charge is 0.354 e. The molecule has 3 atom stereocenters. The molecule has 0 radical (unpaired) electrons. The highest BCUT2D eigenvalue weighted by Crippen LogP contribution is 2.70. The molecule has 3 aliphatic rings. The van der Waals surface area contributed by atoms with E-state index < -0.39 is 0 Å². The predicted molar refractivity (Wildman–Crippen MR) is 85.6 cm³/mol. The summed E-state index contributed by atoms with van der Waals surface area (Å²) in [6, 6.07) is 0. The molecule has 4 rings (SSSR count). The van der Waals surface area contributed by atoms with E-state index in [0.29, 0.717) is 30.3 Å². The summed E-state index contributed by atoms with van der Waals surface area (Å²) in [5, 5.41) is 8.22. The minimum atomic E-state index is 0.182. The topological polar surface area (TPSA) is 46.9 Å². The molecule has 1 aromatic rings. The molecular weight excluding hydrogens is 298 g/mol. The minimum Gasteiger partial charge on any atom is -0.354 e. The van der Waals surface area contributed by atoms with Crippen LogP contribution in [0.5, 0.6) is 0 Å². The van der Waals surface area contributed by atoms with Crippen LogP contribution in [-0.4, -0.2) is 22.2 Å². The van der Waals surface area contributed by atoms with E-state index in [0.717, 1.165) is 22.8 Å². The molecule has 5 heteroatoms. The van der Waals surface area contributed by atoms with Gasteiger partial charge in [-0.3, -0.25) is 9.48 Å². The molecule has 1 N–H and O–H groups in total. The number of carbonyl (C=O) groups is 1. The first-order chi connectivity index (χ1) is 10.5. The first kappa shape index (κ1) is 14.3. The van der Waals surface area contributed by atoms with Gasteiger partial charge in [0.25, 0.3) is 0 Å². The van der Waals surface area contributed by atoms with Crippen LogP contribution in [0.3, 0.4) is 0 Å². The predicted octanol–water partition coefficient (Wildman–Crippen LogP) is 2.87. The lowest BCUT2D eigenvalue weighted by atomic mass is 9.88. The quantitative estimate of drug-likeness (QED) is 0.867. The molecule has 4 nitrogen and oxygen atoms in total. The van der Waals surface area contributed by atoms with Crippen molar-refractivity contribution in [1.29, 1.82) is 0 Å². The maximum Gasteiger partial charge on any atom is 0.223 e. The highest BCUT2D eigenvalue weighted by Gasteiger charge is 2.63. The van der Waals surface area contributed by atoms with Crippen molar-refractivity contribution < 1.29 is 4.79 Å². The van der Waals surface area contributed by atoms with Crippen LogP contribution in [-0.2, 0) is 11.3 Å². The SMILES string of the molecule is Cc1nn(CCNC(=O)[C@@H]2C[C@H]3C=C[C@H]2C32CC2)c(C)c1Cl. The first-order valence-corrected chi connectivity index (χ1v) is 8.56. The van der Waals surface area contributed by atoms with E-state index in [1.165, 1.54) is 12.8 Å². The number of rotatable bonds is 4. The number of aromatic nitrogens is 2. The molecule has 3 aliphatic carbocycles. The third kappa shape index (κ3) is 1.96. The Labute approximate surface area is 135 Å². The van der Waals surface area contributed by atoms with E-state index in [9.17, 15) is 4.79 Å². The van der Waals surface area contributed by atoms with Crippen molar-refractivity contribution in [2.75, 3.05) is 6.54 Å². The standard InChI is InChI=1S/C17H22ClN3O/c1-10-15(18)11(2)21(20-10)8-7-19-16(22)13-9-12-3-4-14(13)17(12)5-6-17/h3-4,12-14H,5-9H2,1-2H3,(H,19,22)/t12-,13-,14-/m1/s1. The van der Waals surface area contributed by atoms with E-state index in [1.54, 1.807) is 0 Å². The van der Waals surface area contributed by atoms with E-state index in [1.807, 2.05) is 18.5 Å². The lowest BCUT2D eigenvalue weighted by molar-refractivity contribution is -0.125. The molecule has 0 saturated heterocycles. The number of nitrogens with zero attached hydrogens (tertiary/aromatic N) is 2. The van der Waals surface area contributed by atoms with Crippen molar-refractivity contribution in [1.82, 2.24) is 15.1 Å². The van der Waals surface area contributed by atoms with Crippen LogP contribution < -0.4 is 5.32 Å². The van der Waals surface area contributed by atoms with Gasteiger partial charge >= 0.3 is 0 Å². The number of hydrogen-bond acceptors (Lipinski definition) is 2. The zero-order valence-electron chi connectivity index (χ0n) is 13.1. The van der Waals surface area contributed by atoms with Gasteiger partial charge in [0.05, 0.1) is 23.0 Å². The molecule has 2 bridgehead atoms. The lowest BCUT2D eigenvalue weighted by Crippen LogP contribution is -2.35. The number of allylic oxidation sites excluding steroid dienone is 2. The summed E-state index contributed by atoms with van der Waals surface area (Å²) >= 11 is 6.15. The van der Waals surface area contributed by atoms with Crippen LogP contribution in [0.4, 0.5) is 0 Å². The molecule has 0 aromatic carbocycles. The maximum absolute atomic E-state index is 12.5. The van der Waals surface area contributed by atoms with Gasteiger partial charge < -0.3 is 5.32 Å². The Balaban J connectivity index is 1.34. The summed E-state index contributed by atoms with van der Waals surface area (Å²) in [7, 11) is 0. The second kappa shape index (κ2) is 4.85. The Kier molecular flexibility index (Phi) is 3.16. The Morgan fingerprint density at radius 1 is 1.45 bits per heavy atom. The van der Waals surface area contributed by atoms with Crippen LogP contribution in [0.1, 0.15) is 30.7 Å². The molecule has 118 valence electrons. The van der Waals surface area contributed by atoms with Crippen molar-refractivity contribution in [3.63, 3.8) is 0 Å². The summed E-state index contributed by atoms with van der Waals surface area (Å²) in [5.41, 5.74) is 2.29. The van der Waals surface area contributed by atoms with Gasteiger partial charge in [0, 0.05) is 12.5 Å². The molecule has 1 heterocycles. The fourth-order valence-electron chi connectivity index (χ4n) is 4.58. The average molecular weight is 320 g/mol. The first-order valence-electron chi connectivity index (χ1n) is 8.18. The number of halogens is 1. The van der Waals surface area contributed by atoms with E-state index in [-0.39, 0.29) is 11.8 Å². The fourth-order valence-corrected chi connectivity index (χ4v) is 4.72. The average Bonchev–Trinajstić information content (AvgIpc) is 3.11. The van der Waals surface area contributed by atoms with Crippen LogP contribution in [0.15, 0.2) is 12.2 Å². The fraction of sp³-hybridized carbons (Fsp3) is 0.647. The Hall–Kier alpha value is -1.29. The van der Waals surface area contributed by atoms with E-state index in [2.05, 4.69) is 22.6 Å². The van der Waals surface area contributed by atoms with Gasteiger partial charge in [0.2, 0.25) is 5.91 Å². The number of carbonyl (C=O) groups excluding carboxylic acids is 1. The summed E-state index contributed by atoms with van der Waals surface area (Å²) in [5.74, 6) is 1.54. The van der Waals surface area contributed by atoms with Gasteiger partial charge in [0.1, 0.15) is 0 Å². The molecule has 0 aliphatic heterocycles. The molecular formula is C17H22ClN3O. The monoisotopic (exact) mass is 319 g/mol. The number of hydrogen-bond donors (Lipinski definition) is 1. The van der Waals surface area contributed by atoms with E-state index in [4.69, 9.17) is 11.6 Å². The second-order valence-corrected chi connectivity index (χ2v) is 7.47. The zero-order chi connectivity index (χ0) is 15.5. The molecule has 2 saturated carbocycles. The van der Waals surface area contributed by atoms with Gasteiger partial charge in [-0.15, -0.1) is 0 Å². The number of aryl methyl sites for hydroxylation is 1. The summed E-state index contributed by atoms with van der Waals surface area (Å²) < 4.78 is 1.88. The van der Waals surface area contributed by atoms with E-state index >= 15 is 0 Å². The van der Waals surface area contributed by atoms with Gasteiger partial charge in [-0.2, -0.15) is 5.10 Å². The molecule has 1 aromatic heterocycles. The zero-order valence-corrected chi connectivity index (χ0v) is 13.9. The van der Waals surface area contributed by atoms with Gasteiger partial charge in [-0.25, -0.2) is 0 Å². The van der Waals surface area contributed by atoms with Gasteiger partial charge in [-0.05, 0) is 50.4 Å². The van der Waals surface area contributed by atoms with Crippen molar-refractivity contribution >= 4 is 17.5 Å². The Morgan fingerprint density at radius 2 is 2.23 bits per heavy atom. The van der Waals surface area contributed by atoms with Crippen LogP contribution in [0.25, 0.3) is 0 Å². The summed E-state index contributed by atoms with van der Waals surface area (Å²) in [6.07, 6.45) is 8.30. The highest BCUT2D eigenvalue weighted by molar-refractivity contribution is 6.31. The third-order valence-corrected chi connectivity index (χ3v) is 6.52. The summed E-state index contributed by atoms with van der Waals surface area (Å²) in [6.45, 7) is 5.15. The van der Waals surface area contributed by atoms with Crippen LogP contribution in [0, 0.1) is 37.0 Å². The van der Waals surface area contributed by atoms with Gasteiger partial charge in [-0.1, -0.05) is 23.8 Å². The molecule has 22 heavy (non-hydrogen) atoms. The number of nitrogens with one attached hydrogen (secondary N) is 1. The summed E-state index contributed by atoms with van der Waals surface area (Å²) in [4.78, 5) is 12.5. The molecule has 1 amide bonds. The Bertz CT molecular complexity index is 659. The van der Waals surface area contributed by atoms with Crippen LogP contribution >= 0.6 is 11.6 Å². The lowest BCUT2D eigenvalue weighted by Gasteiger charge is -2.19. The minimum absolute atomic E-state index is 0.182. The molecule has 1 spiro atoms. The molecule has 2 fully saturated rings. The highest BCUT2D eigenvalue weighted by atomic mass is 35.5. The van der Waals surface area contributed by atoms with Crippen molar-refractivity contribution in [2.24, 2.45) is 23.2 Å². The normalized spacial score (nSPS) is 30.2. The molecule has 0 unspecified atom stereocenters. The smallest absolute Gasteiger partial charge is 0.223 e. The Morgan fingerprint density at radius 3 is 2.82 bits per heavy atom. The van der Waals surface area contributed by atoms with Crippen molar-refractivity contribution in [2.45, 2.75) is 39.7 Å². The van der Waals surface area contributed by atoms with Crippen LogP contribution in [0.2, 0.25) is 5.02 Å². The maximum atomic E-state index is 12.5. The van der Waals surface area contributed by atoms with Crippen molar-refractivity contribution in [3.8, 4) is 0 Å². The number of amides is 1. The van der Waals surface area contributed by atoms with Crippen molar-refractivity contribution in [3.05, 3.63) is 28.6 Å². The second-order valence-electron chi connectivity index (χ2n) is 7.09. The van der Waals surface area contributed by atoms with Gasteiger partial charge in [0.15, 0.2) is 0 Å². The third-order valence-electron chi connectivity index (χ3n) is 5.97.